The number of nitrogen functional groups attached to an aromatic ring is 1. The lowest BCUT2D eigenvalue weighted by Gasteiger charge is -2.12. The van der Waals surface area contributed by atoms with Crippen molar-refractivity contribution in [1.29, 1.82) is 0 Å². The van der Waals surface area contributed by atoms with Crippen LogP contribution in [0.25, 0.3) is 0 Å². The van der Waals surface area contributed by atoms with Gasteiger partial charge in [-0.2, -0.15) is 5.10 Å². The molecule has 1 aromatic heterocycles. The number of hydrogen-bond acceptors (Lipinski definition) is 5. The molecule has 1 atom stereocenters. The minimum absolute atomic E-state index is 0.295. The molecule has 1 saturated heterocycles. The SMILES string of the molecule is CCCc1nn(C)c(NCC2CCCS2(=O)=O)c1N. The summed E-state index contributed by atoms with van der Waals surface area (Å²) in [6, 6.07) is 0. The van der Waals surface area contributed by atoms with E-state index < -0.39 is 9.84 Å². The molecule has 6 nitrogen and oxygen atoms in total. The number of anilines is 2. The van der Waals surface area contributed by atoms with Gasteiger partial charge in [0.15, 0.2) is 9.84 Å². The second-order valence-electron chi connectivity index (χ2n) is 5.09. The normalized spacial score (nSPS) is 21.7. The lowest BCUT2D eigenvalue weighted by atomic mass is 10.2. The summed E-state index contributed by atoms with van der Waals surface area (Å²) in [4.78, 5) is 0. The van der Waals surface area contributed by atoms with E-state index in [0.29, 0.717) is 18.0 Å². The number of hydrogen-bond donors (Lipinski definition) is 2. The average Bonchev–Trinajstić information content (AvgIpc) is 2.79. The highest BCUT2D eigenvalue weighted by Gasteiger charge is 2.31. The Morgan fingerprint density at radius 3 is 2.84 bits per heavy atom. The van der Waals surface area contributed by atoms with Crippen molar-refractivity contribution in [3.8, 4) is 0 Å². The first-order valence-electron chi connectivity index (χ1n) is 6.72. The van der Waals surface area contributed by atoms with Crippen LogP contribution >= 0.6 is 0 Å². The molecule has 1 fully saturated rings. The number of nitrogens with two attached hydrogens (primary N) is 1. The summed E-state index contributed by atoms with van der Waals surface area (Å²) in [6.07, 6.45) is 3.31. The fourth-order valence-corrected chi connectivity index (χ4v) is 4.29. The van der Waals surface area contributed by atoms with Crippen LogP contribution in [0.2, 0.25) is 0 Å². The number of rotatable bonds is 5. The Morgan fingerprint density at radius 2 is 2.26 bits per heavy atom. The molecule has 1 aliphatic heterocycles. The molecule has 108 valence electrons. The molecule has 1 unspecified atom stereocenters. The molecule has 7 heteroatoms. The summed E-state index contributed by atoms with van der Waals surface area (Å²) in [5.41, 5.74) is 7.56. The Morgan fingerprint density at radius 1 is 1.53 bits per heavy atom. The van der Waals surface area contributed by atoms with Gasteiger partial charge in [0, 0.05) is 13.6 Å². The highest BCUT2D eigenvalue weighted by Crippen LogP contribution is 2.25. The second kappa shape index (κ2) is 5.40. The van der Waals surface area contributed by atoms with Gasteiger partial charge in [0.1, 0.15) is 5.82 Å². The predicted molar refractivity (Wildman–Crippen MR) is 76.9 cm³/mol. The molecule has 0 saturated carbocycles. The zero-order valence-electron chi connectivity index (χ0n) is 11.5. The van der Waals surface area contributed by atoms with Crippen molar-refractivity contribution in [2.45, 2.75) is 37.9 Å². The summed E-state index contributed by atoms with van der Waals surface area (Å²) >= 11 is 0. The number of aromatic nitrogens is 2. The molecule has 1 aromatic rings. The average molecular weight is 286 g/mol. The highest BCUT2D eigenvalue weighted by molar-refractivity contribution is 7.92. The first-order chi connectivity index (χ1) is 8.95. The standard InChI is InChI=1S/C12H22N4O2S/c1-3-5-10-11(13)12(16(2)15-10)14-8-9-6-4-7-19(9,17)18/h9,14H,3-8,13H2,1-2H3. The van der Waals surface area contributed by atoms with Crippen molar-refractivity contribution in [1.82, 2.24) is 9.78 Å². The van der Waals surface area contributed by atoms with E-state index in [1.165, 1.54) is 0 Å². The van der Waals surface area contributed by atoms with Gasteiger partial charge in [-0.05, 0) is 19.3 Å². The highest BCUT2D eigenvalue weighted by atomic mass is 32.2. The lowest BCUT2D eigenvalue weighted by molar-refractivity contribution is 0.591. The van der Waals surface area contributed by atoms with E-state index in [0.717, 1.165) is 37.2 Å². The first kappa shape index (κ1) is 14.2. The number of aryl methyl sites for hydroxylation is 2. The van der Waals surface area contributed by atoms with Crippen LogP contribution in [0.1, 0.15) is 31.9 Å². The predicted octanol–water partition coefficient (Wildman–Crippen LogP) is 0.944. The van der Waals surface area contributed by atoms with Crippen molar-refractivity contribution in [2.75, 3.05) is 23.3 Å². The van der Waals surface area contributed by atoms with Crippen molar-refractivity contribution in [3.63, 3.8) is 0 Å². The summed E-state index contributed by atoms with van der Waals surface area (Å²) in [5, 5.41) is 7.22. The minimum Gasteiger partial charge on any atom is -0.394 e. The van der Waals surface area contributed by atoms with E-state index in [4.69, 9.17) is 5.73 Å². The van der Waals surface area contributed by atoms with Crippen LogP contribution in [0.5, 0.6) is 0 Å². The first-order valence-corrected chi connectivity index (χ1v) is 8.44. The van der Waals surface area contributed by atoms with E-state index in [-0.39, 0.29) is 5.25 Å². The maximum atomic E-state index is 11.8. The van der Waals surface area contributed by atoms with E-state index in [9.17, 15) is 8.42 Å². The maximum Gasteiger partial charge on any atom is 0.154 e. The zero-order chi connectivity index (χ0) is 14.0. The molecular weight excluding hydrogens is 264 g/mol. The Hall–Kier alpha value is -1.24. The molecule has 1 aliphatic rings. The van der Waals surface area contributed by atoms with E-state index in [2.05, 4.69) is 17.3 Å². The van der Waals surface area contributed by atoms with Gasteiger partial charge >= 0.3 is 0 Å². The number of nitrogens with zero attached hydrogens (tertiary/aromatic N) is 2. The lowest BCUT2D eigenvalue weighted by Crippen LogP contribution is -2.26. The molecular formula is C12H22N4O2S. The molecule has 3 N–H and O–H groups in total. The fourth-order valence-electron chi connectivity index (χ4n) is 2.52. The van der Waals surface area contributed by atoms with Crippen LogP contribution in [0.15, 0.2) is 0 Å². The van der Waals surface area contributed by atoms with Gasteiger partial charge in [-0.25, -0.2) is 8.42 Å². The smallest absolute Gasteiger partial charge is 0.154 e. The molecule has 0 amide bonds. The van der Waals surface area contributed by atoms with Gasteiger partial charge in [0.2, 0.25) is 0 Å². The van der Waals surface area contributed by atoms with Crippen LogP contribution in [0.3, 0.4) is 0 Å². The van der Waals surface area contributed by atoms with E-state index >= 15 is 0 Å². The molecule has 2 heterocycles. The Labute approximate surface area is 114 Å². The third kappa shape index (κ3) is 2.86. The largest absolute Gasteiger partial charge is 0.394 e. The summed E-state index contributed by atoms with van der Waals surface area (Å²) in [5.74, 6) is 1.03. The van der Waals surface area contributed by atoms with Crippen LogP contribution in [0.4, 0.5) is 11.5 Å². The molecule has 0 spiro atoms. The summed E-state index contributed by atoms with van der Waals surface area (Å²) in [7, 11) is -1.10. The molecule has 0 bridgehead atoms. The minimum atomic E-state index is -2.92. The van der Waals surface area contributed by atoms with Crippen molar-refractivity contribution >= 4 is 21.3 Å². The van der Waals surface area contributed by atoms with Crippen molar-refractivity contribution < 1.29 is 8.42 Å². The Kier molecular flexibility index (Phi) is 4.03. The quantitative estimate of drug-likeness (QED) is 0.841. The van der Waals surface area contributed by atoms with Crippen molar-refractivity contribution in [3.05, 3.63) is 5.69 Å². The van der Waals surface area contributed by atoms with E-state index in [1.54, 1.807) is 4.68 Å². The topological polar surface area (TPSA) is 90.0 Å². The van der Waals surface area contributed by atoms with Crippen LogP contribution in [-0.4, -0.2) is 35.7 Å². The summed E-state index contributed by atoms with van der Waals surface area (Å²) in [6.45, 7) is 2.49. The molecule has 0 aromatic carbocycles. The monoisotopic (exact) mass is 286 g/mol. The van der Waals surface area contributed by atoms with Gasteiger partial charge < -0.3 is 11.1 Å². The number of sulfone groups is 1. The maximum absolute atomic E-state index is 11.8. The van der Waals surface area contributed by atoms with Crippen molar-refractivity contribution in [2.24, 2.45) is 7.05 Å². The third-order valence-electron chi connectivity index (χ3n) is 3.61. The molecule has 2 rings (SSSR count). The molecule has 19 heavy (non-hydrogen) atoms. The van der Waals surface area contributed by atoms with Gasteiger partial charge in [0.05, 0.1) is 22.4 Å². The van der Waals surface area contributed by atoms with Crippen LogP contribution in [0, 0.1) is 0 Å². The van der Waals surface area contributed by atoms with Gasteiger partial charge in [0.25, 0.3) is 0 Å². The summed E-state index contributed by atoms with van der Waals surface area (Å²) < 4.78 is 25.2. The van der Waals surface area contributed by atoms with Gasteiger partial charge in [-0.3, -0.25) is 4.68 Å². The van der Waals surface area contributed by atoms with Crippen LogP contribution < -0.4 is 11.1 Å². The Bertz CT molecular complexity index is 550. The second-order valence-corrected chi connectivity index (χ2v) is 7.50. The fraction of sp³-hybridized carbons (Fsp3) is 0.750. The van der Waals surface area contributed by atoms with Crippen LogP contribution in [-0.2, 0) is 23.3 Å². The van der Waals surface area contributed by atoms with Gasteiger partial charge in [-0.1, -0.05) is 13.3 Å². The third-order valence-corrected chi connectivity index (χ3v) is 5.88. The van der Waals surface area contributed by atoms with E-state index in [1.807, 2.05) is 7.05 Å². The molecule has 0 radical (unpaired) electrons. The number of nitrogens with one attached hydrogen (secondary N) is 1. The Balaban J connectivity index is 2.08. The van der Waals surface area contributed by atoms with Gasteiger partial charge in [-0.15, -0.1) is 0 Å². The molecule has 0 aliphatic carbocycles. The zero-order valence-corrected chi connectivity index (χ0v) is 12.3.